The molecular formula is C34H36F2N4. The van der Waals surface area contributed by atoms with Gasteiger partial charge < -0.3 is 16.5 Å². The van der Waals surface area contributed by atoms with E-state index in [4.69, 9.17) is 16.1 Å². The lowest BCUT2D eigenvalue weighted by Crippen LogP contribution is -2.32. The van der Waals surface area contributed by atoms with Crippen LogP contribution in [0.25, 0.3) is 11.1 Å². The van der Waals surface area contributed by atoms with Gasteiger partial charge in [0, 0.05) is 47.3 Å². The standard InChI is InChI=1S/C34H36F2N4/c1-2-29-31(35)15-25(16-32(29)36)30-5-3-4-22-17-33(40-34(22)30)26(18-37)19-39-28-10-7-20(8-11-28)23-12-21-6-9-27(38)14-24(21)13-23/h3-6,9,14-16,18-20,23,28,37,39H,2,7-8,10-13,17,38H2,1H3/b26-19+,37-18?. The van der Waals surface area contributed by atoms with Gasteiger partial charge in [-0.3, -0.25) is 4.99 Å². The summed E-state index contributed by atoms with van der Waals surface area (Å²) in [7, 11) is 0. The van der Waals surface area contributed by atoms with Crippen molar-refractivity contribution < 1.29 is 8.78 Å². The van der Waals surface area contributed by atoms with Crippen LogP contribution in [0.4, 0.5) is 20.2 Å². The Kier molecular flexibility index (Phi) is 7.26. The van der Waals surface area contributed by atoms with E-state index in [2.05, 4.69) is 17.4 Å². The summed E-state index contributed by atoms with van der Waals surface area (Å²) in [5.74, 6) is 0.397. The van der Waals surface area contributed by atoms with Crippen molar-refractivity contribution in [3.05, 3.63) is 94.2 Å². The Bertz CT molecular complexity index is 1490. The number of nitrogens with one attached hydrogen (secondary N) is 2. The molecule has 2 aliphatic carbocycles. The summed E-state index contributed by atoms with van der Waals surface area (Å²) >= 11 is 0. The lowest BCUT2D eigenvalue weighted by molar-refractivity contribution is 0.229. The minimum absolute atomic E-state index is 0.105. The maximum atomic E-state index is 14.5. The SMILES string of the molecule is CCc1c(F)cc(-c2cccc3c2N=C(/C(C=N)=C/NC2CCC(C4Cc5ccc(N)cc5C4)CC2)C3)cc1F. The Morgan fingerprint density at radius 3 is 2.45 bits per heavy atom. The molecule has 1 fully saturated rings. The number of hydrogen-bond donors (Lipinski definition) is 3. The number of nitrogen functional groups attached to an aromatic ring is 1. The summed E-state index contributed by atoms with van der Waals surface area (Å²) in [6, 6.07) is 15.3. The molecule has 3 aromatic rings. The molecule has 3 aliphatic rings. The molecule has 0 saturated heterocycles. The van der Waals surface area contributed by atoms with Gasteiger partial charge in [-0.15, -0.1) is 0 Å². The molecule has 0 amide bonds. The number of nitrogens with zero attached hydrogens (tertiary/aromatic N) is 1. The van der Waals surface area contributed by atoms with Crippen molar-refractivity contribution in [1.29, 1.82) is 5.41 Å². The third-order valence-electron chi connectivity index (χ3n) is 9.13. The van der Waals surface area contributed by atoms with E-state index in [1.54, 1.807) is 6.92 Å². The van der Waals surface area contributed by atoms with Crippen LogP contribution in [0, 0.1) is 28.9 Å². The van der Waals surface area contributed by atoms with Gasteiger partial charge in [0.15, 0.2) is 0 Å². The fourth-order valence-corrected chi connectivity index (χ4v) is 6.90. The van der Waals surface area contributed by atoms with E-state index >= 15 is 0 Å². The molecule has 0 radical (unpaired) electrons. The Labute approximate surface area is 234 Å². The quantitative estimate of drug-likeness (QED) is 0.215. The predicted octanol–water partition coefficient (Wildman–Crippen LogP) is 7.50. The molecule has 206 valence electrons. The molecular weight excluding hydrogens is 502 g/mol. The topological polar surface area (TPSA) is 74.3 Å². The van der Waals surface area contributed by atoms with Crippen LogP contribution in [0.5, 0.6) is 0 Å². The summed E-state index contributed by atoms with van der Waals surface area (Å²) in [4.78, 5) is 4.86. The monoisotopic (exact) mass is 538 g/mol. The molecule has 0 aromatic heterocycles. The second kappa shape index (κ2) is 11.0. The van der Waals surface area contributed by atoms with E-state index in [-0.39, 0.29) is 5.56 Å². The van der Waals surface area contributed by atoms with E-state index in [0.717, 1.165) is 53.4 Å². The minimum atomic E-state index is -0.529. The maximum absolute atomic E-state index is 14.5. The third kappa shape index (κ3) is 5.07. The molecule has 1 unspecified atom stereocenters. The number of allylic oxidation sites excluding steroid dienone is 1. The lowest BCUT2D eigenvalue weighted by atomic mass is 9.77. The summed E-state index contributed by atoms with van der Waals surface area (Å²) in [5.41, 5.74) is 14.3. The van der Waals surface area contributed by atoms with Gasteiger partial charge in [-0.2, -0.15) is 0 Å². The minimum Gasteiger partial charge on any atom is -0.399 e. The molecule has 40 heavy (non-hydrogen) atoms. The van der Waals surface area contributed by atoms with Gasteiger partial charge in [0.2, 0.25) is 0 Å². The van der Waals surface area contributed by atoms with E-state index in [1.807, 2.05) is 30.5 Å². The Balaban J connectivity index is 1.12. The Morgan fingerprint density at radius 1 is 0.975 bits per heavy atom. The van der Waals surface area contributed by atoms with Crippen molar-refractivity contribution >= 4 is 23.3 Å². The highest BCUT2D eigenvalue weighted by Gasteiger charge is 2.32. The maximum Gasteiger partial charge on any atom is 0.129 e. The average molecular weight is 539 g/mol. The summed E-state index contributed by atoms with van der Waals surface area (Å²) < 4.78 is 29.1. The molecule has 0 spiro atoms. The predicted molar refractivity (Wildman–Crippen MR) is 159 cm³/mol. The van der Waals surface area contributed by atoms with Gasteiger partial charge in [-0.25, -0.2) is 8.78 Å². The third-order valence-corrected chi connectivity index (χ3v) is 9.13. The van der Waals surface area contributed by atoms with Crippen molar-refractivity contribution in [3.8, 4) is 11.1 Å². The number of para-hydroxylation sites is 1. The molecule has 1 heterocycles. The van der Waals surface area contributed by atoms with Crippen molar-refractivity contribution in [3.63, 3.8) is 0 Å². The highest BCUT2D eigenvalue weighted by atomic mass is 19.1. The molecule has 0 bridgehead atoms. The number of anilines is 1. The number of aliphatic imine (C=N–C) groups is 1. The fourth-order valence-electron chi connectivity index (χ4n) is 6.90. The largest absolute Gasteiger partial charge is 0.399 e. The van der Waals surface area contributed by atoms with E-state index in [9.17, 15) is 8.78 Å². The zero-order valence-electron chi connectivity index (χ0n) is 22.9. The smallest absolute Gasteiger partial charge is 0.129 e. The van der Waals surface area contributed by atoms with Crippen LogP contribution in [0.1, 0.15) is 54.9 Å². The highest BCUT2D eigenvalue weighted by molar-refractivity contribution is 6.19. The highest BCUT2D eigenvalue weighted by Crippen LogP contribution is 2.41. The lowest BCUT2D eigenvalue weighted by Gasteiger charge is -2.32. The van der Waals surface area contributed by atoms with Crippen LogP contribution >= 0.6 is 0 Å². The molecule has 4 N–H and O–H groups in total. The number of nitrogens with two attached hydrogens (primary N) is 1. The first-order chi connectivity index (χ1) is 19.4. The number of halogens is 2. The van der Waals surface area contributed by atoms with Crippen molar-refractivity contribution in [1.82, 2.24) is 5.32 Å². The second-order valence-corrected chi connectivity index (χ2v) is 11.5. The molecule has 1 atom stereocenters. The van der Waals surface area contributed by atoms with Crippen LogP contribution in [0.15, 0.2) is 65.3 Å². The Hall–Kier alpha value is -3.80. The number of benzene rings is 3. The van der Waals surface area contributed by atoms with Crippen molar-refractivity contribution in [2.75, 3.05) is 5.73 Å². The normalized spacial score (nSPS) is 22.0. The zero-order valence-corrected chi connectivity index (χ0v) is 22.9. The van der Waals surface area contributed by atoms with Crippen molar-refractivity contribution in [2.45, 2.75) is 64.3 Å². The number of rotatable bonds is 7. The van der Waals surface area contributed by atoms with Crippen molar-refractivity contribution in [2.24, 2.45) is 16.8 Å². The van der Waals surface area contributed by atoms with Gasteiger partial charge in [-0.1, -0.05) is 31.2 Å². The van der Waals surface area contributed by atoms with Crippen LogP contribution in [0.3, 0.4) is 0 Å². The van der Waals surface area contributed by atoms with Crippen LogP contribution in [-0.4, -0.2) is 18.0 Å². The van der Waals surface area contributed by atoms with Gasteiger partial charge >= 0.3 is 0 Å². The van der Waals surface area contributed by atoms with Crippen LogP contribution < -0.4 is 11.1 Å². The van der Waals surface area contributed by atoms with Crippen LogP contribution in [-0.2, 0) is 25.7 Å². The molecule has 1 saturated carbocycles. The number of fused-ring (bicyclic) bond motifs is 2. The van der Waals surface area contributed by atoms with E-state index < -0.39 is 11.6 Å². The van der Waals surface area contributed by atoms with Crippen LogP contribution in [0.2, 0.25) is 0 Å². The molecule has 4 nitrogen and oxygen atoms in total. The molecule has 1 aliphatic heterocycles. The van der Waals surface area contributed by atoms with Gasteiger partial charge in [0.05, 0.1) is 11.4 Å². The summed E-state index contributed by atoms with van der Waals surface area (Å²) in [6.45, 7) is 1.74. The van der Waals surface area contributed by atoms with Gasteiger partial charge in [0.1, 0.15) is 11.6 Å². The molecule has 6 rings (SSSR count). The molecule has 3 aromatic carbocycles. The van der Waals surface area contributed by atoms with Gasteiger partial charge in [0.25, 0.3) is 0 Å². The second-order valence-electron chi connectivity index (χ2n) is 11.5. The van der Waals surface area contributed by atoms with Gasteiger partial charge in [-0.05, 0) is 103 Å². The van der Waals surface area contributed by atoms with E-state index in [1.165, 1.54) is 48.7 Å². The Morgan fingerprint density at radius 2 is 1.73 bits per heavy atom. The fraction of sp³-hybridized carbons (Fsp3) is 0.353. The average Bonchev–Trinajstić information content (AvgIpc) is 3.57. The van der Waals surface area contributed by atoms with E-state index in [0.29, 0.717) is 35.9 Å². The number of hydrogen-bond acceptors (Lipinski definition) is 4. The summed E-state index contributed by atoms with van der Waals surface area (Å²) in [6.07, 6.45) is 11.1. The summed E-state index contributed by atoms with van der Waals surface area (Å²) in [5, 5.41) is 11.6. The first-order valence-electron chi connectivity index (χ1n) is 14.5. The zero-order chi connectivity index (χ0) is 27.8. The first-order valence-corrected chi connectivity index (χ1v) is 14.5. The molecule has 6 heteroatoms. The first kappa shape index (κ1) is 26.4.